The molecule has 1 fully saturated rings. The second kappa shape index (κ2) is 10.9. The van der Waals surface area contributed by atoms with Crippen LogP contribution < -0.4 is 15.4 Å². The zero-order valence-corrected chi connectivity index (χ0v) is 19.3. The number of ether oxygens (including phenoxy) is 1. The summed E-state index contributed by atoms with van der Waals surface area (Å²) in [5, 5.41) is 8.40. The molecule has 6 nitrogen and oxygen atoms in total. The van der Waals surface area contributed by atoms with Gasteiger partial charge in [-0.05, 0) is 37.5 Å². The Bertz CT molecular complexity index is 944. The molecular weight excluding hydrogens is 430 g/mol. The second-order valence-electron chi connectivity index (χ2n) is 7.78. The summed E-state index contributed by atoms with van der Waals surface area (Å²) in [6, 6.07) is 5.94. The Morgan fingerprint density at radius 3 is 2.55 bits per heavy atom. The minimum Gasteiger partial charge on any atom is -0.495 e. The van der Waals surface area contributed by atoms with E-state index in [2.05, 4.69) is 44.9 Å². The van der Waals surface area contributed by atoms with Crippen LogP contribution >= 0.6 is 23.4 Å². The fraction of sp³-hybridized carbons (Fsp3) is 0.435. The largest absolute Gasteiger partial charge is 0.495 e. The van der Waals surface area contributed by atoms with Crippen molar-refractivity contribution in [3.05, 3.63) is 47.5 Å². The molecule has 1 unspecified atom stereocenters. The molecule has 164 valence electrons. The first-order valence-corrected chi connectivity index (χ1v) is 12.1. The number of anilines is 3. The molecule has 1 heterocycles. The number of thioether (sulfide) groups is 1. The summed E-state index contributed by atoms with van der Waals surface area (Å²) < 4.78 is 5.24. The molecule has 2 aliphatic carbocycles. The predicted octanol–water partition coefficient (Wildman–Crippen LogP) is 6.39. The van der Waals surface area contributed by atoms with Gasteiger partial charge in [0.15, 0.2) is 5.16 Å². The Kier molecular flexibility index (Phi) is 7.70. The van der Waals surface area contributed by atoms with E-state index in [4.69, 9.17) is 21.3 Å². The van der Waals surface area contributed by atoms with Gasteiger partial charge in [0.1, 0.15) is 5.75 Å². The fourth-order valence-electron chi connectivity index (χ4n) is 3.79. The van der Waals surface area contributed by atoms with Crippen LogP contribution in [0.1, 0.15) is 44.9 Å². The zero-order chi connectivity index (χ0) is 21.5. The first-order chi connectivity index (χ1) is 15.2. The monoisotopic (exact) mass is 457 g/mol. The number of rotatable bonds is 7. The Morgan fingerprint density at radius 2 is 1.84 bits per heavy atom. The van der Waals surface area contributed by atoms with Crippen LogP contribution in [0.15, 0.2) is 47.7 Å². The van der Waals surface area contributed by atoms with Crippen LogP contribution in [0, 0.1) is 0 Å². The SMILES string of the molecule is COc1ccc(Nc2nc(NC3CCCCCC3)nc(SC3C=CC=CC3)n2)cc1Cl. The minimum absolute atomic E-state index is 0.321. The van der Waals surface area contributed by atoms with Crippen molar-refractivity contribution in [1.29, 1.82) is 0 Å². The van der Waals surface area contributed by atoms with E-state index in [1.807, 2.05) is 18.2 Å². The second-order valence-corrected chi connectivity index (χ2v) is 9.39. The average Bonchev–Trinajstić information content (AvgIpc) is 3.03. The van der Waals surface area contributed by atoms with E-state index in [1.165, 1.54) is 25.7 Å². The Hall–Kier alpha value is -2.25. The van der Waals surface area contributed by atoms with Crippen molar-refractivity contribution in [3.63, 3.8) is 0 Å². The molecule has 0 amide bonds. The lowest BCUT2D eigenvalue weighted by Gasteiger charge is -2.18. The lowest BCUT2D eigenvalue weighted by atomic mass is 10.1. The van der Waals surface area contributed by atoms with E-state index in [0.29, 0.717) is 39.1 Å². The number of hydrogen-bond donors (Lipinski definition) is 2. The molecule has 1 aromatic heterocycles. The van der Waals surface area contributed by atoms with Crippen LogP contribution in [-0.2, 0) is 0 Å². The van der Waals surface area contributed by atoms with Crippen molar-refractivity contribution in [3.8, 4) is 5.75 Å². The molecule has 0 spiro atoms. The summed E-state index contributed by atoms with van der Waals surface area (Å²) in [7, 11) is 1.60. The lowest BCUT2D eigenvalue weighted by molar-refractivity contribution is 0.415. The van der Waals surface area contributed by atoms with Crippen molar-refractivity contribution >= 4 is 40.9 Å². The van der Waals surface area contributed by atoms with Crippen molar-refractivity contribution in [1.82, 2.24) is 15.0 Å². The molecule has 0 radical (unpaired) electrons. The van der Waals surface area contributed by atoms with E-state index in [-0.39, 0.29) is 0 Å². The maximum atomic E-state index is 6.28. The van der Waals surface area contributed by atoms with Crippen molar-refractivity contribution in [2.24, 2.45) is 0 Å². The molecule has 2 aliphatic rings. The number of hydrogen-bond acceptors (Lipinski definition) is 7. The molecule has 0 aliphatic heterocycles. The van der Waals surface area contributed by atoms with Gasteiger partial charge in [0.25, 0.3) is 0 Å². The molecule has 1 atom stereocenters. The molecule has 1 aromatic carbocycles. The van der Waals surface area contributed by atoms with Gasteiger partial charge in [-0.3, -0.25) is 0 Å². The average molecular weight is 458 g/mol. The molecule has 0 bridgehead atoms. The molecule has 2 N–H and O–H groups in total. The third kappa shape index (κ3) is 6.37. The summed E-state index contributed by atoms with van der Waals surface area (Å²) >= 11 is 7.94. The summed E-state index contributed by atoms with van der Waals surface area (Å²) in [6.07, 6.45) is 16.9. The Morgan fingerprint density at radius 1 is 1.03 bits per heavy atom. The zero-order valence-electron chi connectivity index (χ0n) is 17.7. The van der Waals surface area contributed by atoms with Gasteiger partial charge in [0.05, 0.1) is 12.1 Å². The standard InChI is InChI=1S/C23H28ClN5OS/c1-30-20-14-13-17(15-19(20)24)26-22-27-21(25-16-9-5-2-3-6-10-16)28-23(29-22)31-18-11-7-4-8-12-18/h4,7-8,11,13-16,18H,2-3,5-6,9-10,12H2,1H3,(H2,25,26,27,28,29). The maximum Gasteiger partial charge on any atom is 0.233 e. The van der Waals surface area contributed by atoms with Gasteiger partial charge in [-0.15, -0.1) is 0 Å². The minimum atomic E-state index is 0.321. The summed E-state index contributed by atoms with van der Waals surface area (Å²) in [6.45, 7) is 0. The summed E-state index contributed by atoms with van der Waals surface area (Å²) in [5.74, 6) is 1.76. The lowest BCUT2D eigenvalue weighted by Crippen LogP contribution is -2.21. The number of methoxy groups -OCH3 is 1. The summed E-state index contributed by atoms with van der Waals surface area (Å²) in [4.78, 5) is 14.0. The molecule has 4 rings (SSSR count). The van der Waals surface area contributed by atoms with Crippen LogP contribution in [0.3, 0.4) is 0 Å². The normalized spacial score (nSPS) is 19.1. The predicted molar refractivity (Wildman–Crippen MR) is 129 cm³/mol. The highest BCUT2D eigenvalue weighted by Gasteiger charge is 2.17. The third-order valence-corrected chi connectivity index (χ3v) is 6.75. The highest BCUT2D eigenvalue weighted by molar-refractivity contribution is 7.99. The Labute approximate surface area is 193 Å². The quantitative estimate of drug-likeness (QED) is 0.466. The first kappa shape index (κ1) is 22.0. The van der Waals surface area contributed by atoms with Crippen molar-refractivity contribution in [2.75, 3.05) is 17.7 Å². The Balaban J connectivity index is 1.56. The van der Waals surface area contributed by atoms with E-state index in [9.17, 15) is 0 Å². The van der Waals surface area contributed by atoms with Gasteiger partial charge in [0, 0.05) is 17.0 Å². The van der Waals surface area contributed by atoms with Crippen LogP contribution in [0.25, 0.3) is 0 Å². The highest BCUT2D eigenvalue weighted by Crippen LogP contribution is 2.30. The smallest absolute Gasteiger partial charge is 0.233 e. The van der Waals surface area contributed by atoms with E-state index in [1.54, 1.807) is 18.9 Å². The van der Waals surface area contributed by atoms with Crippen molar-refractivity contribution in [2.45, 2.75) is 61.4 Å². The van der Waals surface area contributed by atoms with Gasteiger partial charge in [0.2, 0.25) is 11.9 Å². The number of halogens is 1. The molecular formula is C23H28ClN5OS. The van der Waals surface area contributed by atoms with Crippen LogP contribution in [0.5, 0.6) is 5.75 Å². The maximum absolute atomic E-state index is 6.28. The van der Waals surface area contributed by atoms with Gasteiger partial charge < -0.3 is 15.4 Å². The molecule has 0 saturated heterocycles. The molecule has 1 saturated carbocycles. The number of allylic oxidation sites excluding steroid dienone is 3. The number of aromatic nitrogens is 3. The van der Waals surface area contributed by atoms with Crippen molar-refractivity contribution < 1.29 is 4.74 Å². The topological polar surface area (TPSA) is 72.0 Å². The number of nitrogens with one attached hydrogen (secondary N) is 2. The fourth-order valence-corrected chi connectivity index (χ4v) is 4.97. The number of nitrogens with zero attached hydrogens (tertiary/aromatic N) is 3. The van der Waals surface area contributed by atoms with Gasteiger partial charge in [-0.1, -0.05) is 73.4 Å². The van der Waals surface area contributed by atoms with Gasteiger partial charge >= 0.3 is 0 Å². The van der Waals surface area contributed by atoms with Crippen LogP contribution in [0.2, 0.25) is 5.02 Å². The van der Waals surface area contributed by atoms with E-state index >= 15 is 0 Å². The van der Waals surface area contributed by atoms with Crippen LogP contribution in [0.4, 0.5) is 17.6 Å². The highest BCUT2D eigenvalue weighted by atomic mass is 35.5. The van der Waals surface area contributed by atoms with E-state index < -0.39 is 0 Å². The molecule has 8 heteroatoms. The van der Waals surface area contributed by atoms with Gasteiger partial charge in [-0.25, -0.2) is 0 Å². The molecule has 31 heavy (non-hydrogen) atoms. The summed E-state index contributed by atoms with van der Waals surface area (Å²) in [5.41, 5.74) is 0.800. The van der Waals surface area contributed by atoms with Gasteiger partial charge in [-0.2, -0.15) is 15.0 Å². The third-order valence-electron chi connectivity index (χ3n) is 5.41. The van der Waals surface area contributed by atoms with E-state index in [0.717, 1.165) is 24.9 Å². The molecule has 2 aromatic rings. The number of benzene rings is 1. The van der Waals surface area contributed by atoms with Crippen LogP contribution in [-0.4, -0.2) is 33.4 Å². The first-order valence-electron chi connectivity index (χ1n) is 10.8.